The Morgan fingerprint density at radius 1 is 1.59 bits per heavy atom. The van der Waals surface area contributed by atoms with Gasteiger partial charge < -0.3 is 5.11 Å². The number of rotatable bonds is 3. The number of carboxylic acids is 1. The summed E-state index contributed by atoms with van der Waals surface area (Å²) in [4.78, 5) is 10.9. The summed E-state index contributed by atoms with van der Waals surface area (Å²) in [6.45, 7) is 0. The maximum Gasteiger partial charge on any atom is 0.357 e. The molecule has 84 valence electrons. The third-order valence-electron chi connectivity index (χ3n) is 2.31. The van der Waals surface area contributed by atoms with Crippen LogP contribution in [-0.2, 0) is 0 Å². The van der Waals surface area contributed by atoms with E-state index in [2.05, 4.69) is 10.2 Å². The number of nitrogens with one attached hydrogen (secondary N) is 1. The first-order valence-corrected chi connectivity index (χ1v) is 4.97. The number of hydrogen-bond acceptors (Lipinski definition) is 3. The molecule has 5 nitrogen and oxygen atoms in total. The molecule has 0 fully saturated rings. The first kappa shape index (κ1) is 10.9. The highest BCUT2D eigenvalue weighted by atomic mass is 16.4. The Balaban J connectivity index is 2.45. The van der Waals surface area contributed by atoms with Gasteiger partial charge in [0.25, 0.3) is 0 Å². The number of nitrogens with zero attached hydrogens (tertiary/aromatic N) is 2. The van der Waals surface area contributed by atoms with Crippen LogP contribution in [0.15, 0.2) is 24.3 Å². The second-order valence-electron chi connectivity index (χ2n) is 3.45. The van der Waals surface area contributed by atoms with Crippen LogP contribution < -0.4 is 0 Å². The van der Waals surface area contributed by atoms with Gasteiger partial charge in [-0.25, -0.2) is 4.79 Å². The van der Waals surface area contributed by atoms with Crippen LogP contribution in [-0.4, -0.2) is 21.3 Å². The van der Waals surface area contributed by atoms with Crippen LogP contribution in [0, 0.1) is 11.3 Å². The van der Waals surface area contributed by atoms with Gasteiger partial charge in [0, 0.05) is 5.39 Å². The fourth-order valence-electron chi connectivity index (χ4n) is 1.55. The third kappa shape index (κ3) is 2.16. The summed E-state index contributed by atoms with van der Waals surface area (Å²) in [6, 6.07) is 7.33. The Morgan fingerprint density at radius 3 is 3.12 bits per heavy atom. The van der Waals surface area contributed by atoms with Crippen molar-refractivity contribution in [2.24, 2.45) is 0 Å². The van der Waals surface area contributed by atoms with Gasteiger partial charge in [-0.2, -0.15) is 10.4 Å². The molecule has 5 heteroatoms. The van der Waals surface area contributed by atoms with Crippen molar-refractivity contribution in [3.8, 4) is 6.07 Å². The summed E-state index contributed by atoms with van der Waals surface area (Å²) < 4.78 is 0. The number of allylic oxidation sites excluding steroid dienone is 1. The van der Waals surface area contributed by atoms with Crippen LogP contribution in [0.2, 0.25) is 0 Å². The Bertz CT molecular complexity index is 635. The van der Waals surface area contributed by atoms with Gasteiger partial charge in [0.2, 0.25) is 0 Å². The van der Waals surface area contributed by atoms with Crippen LogP contribution in [0.25, 0.3) is 17.0 Å². The number of aromatic nitrogens is 2. The lowest BCUT2D eigenvalue weighted by Gasteiger charge is -1.94. The van der Waals surface area contributed by atoms with Gasteiger partial charge in [-0.05, 0) is 17.7 Å². The summed E-state index contributed by atoms with van der Waals surface area (Å²) in [7, 11) is 0. The zero-order chi connectivity index (χ0) is 12.3. The van der Waals surface area contributed by atoms with Gasteiger partial charge in [0.1, 0.15) is 0 Å². The number of carboxylic acid groups (broad SMARTS) is 1. The van der Waals surface area contributed by atoms with E-state index in [4.69, 9.17) is 10.4 Å². The lowest BCUT2D eigenvalue weighted by molar-refractivity contribution is 0.0692. The standard InChI is InChI=1S/C12H9N3O2/c13-6-2-1-3-8-4-5-10-9(7-8)11(12(16)17)15-14-10/h1,3-5,7H,2H2,(H,14,15)(H,16,17). The summed E-state index contributed by atoms with van der Waals surface area (Å²) in [5, 5.41) is 24.3. The third-order valence-corrected chi connectivity index (χ3v) is 2.31. The normalized spacial score (nSPS) is 10.8. The highest BCUT2D eigenvalue weighted by molar-refractivity contribution is 6.01. The Kier molecular flexibility index (Phi) is 2.88. The first-order valence-electron chi connectivity index (χ1n) is 4.97. The summed E-state index contributed by atoms with van der Waals surface area (Å²) >= 11 is 0. The predicted molar refractivity (Wildman–Crippen MR) is 62.3 cm³/mol. The number of fused-ring (bicyclic) bond motifs is 1. The monoisotopic (exact) mass is 227 g/mol. The van der Waals surface area contributed by atoms with Crippen molar-refractivity contribution < 1.29 is 9.90 Å². The van der Waals surface area contributed by atoms with E-state index in [1.54, 1.807) is 24.3 Å². The molecule has 0 atom stereocenters. The smallest absolute Gasteiger partial charge is 0.357 e. The summed E-state index contributed by atoms with van der Waals surface area (Å²) in [6.07, 6.45) is 3.83. The van der Waals surface area contributed by atoms with Crippen molar-refractivity contribution >= 4 is 22.9 Å². The van der Waals surface area contributed by atoms with E-state index in [1.807, 2.05) is 12.1 Å². The number of hydrogen-bond donors (Lipinski definition) is 2. The van der Waals surface area contributed by atoms with Gasteiger partial charge in [0.15, 0.2) is 5.69 Å². The van der Waals surface area contributed by atoms with Crippen LogP contribution in [0.5, 0.6) is 0 Å². The zero-order valence-electron chi connectivity index (χ0n) is 8.84. The number of H-pyrrole nitrogens is 1. The second kappa shape index (κ2) is 4.49. The molecule has 0 spiro atoms. The molecule has 1 heterocycles. The molecule has 2 aromatic rings. The molecular weight excluding hydrogens is 218 g/mol. The molecule has 1 aromatic heterocycles. The molecule has 0 saturated carbocycles. The minimum atomic E-state index is -1.06. The molecule has 0 bridgehead atoms. The lowest BCUT2D eigenvalue weighted by Crippen LogP contribution is -1.96. The number of carbonyl (C=O) groups is 1. The molecule has 0 unspecified atom stereocenters. The molecule has 0 saturated heterocycles. The van der Waals surface area contributed by atoms with E-state index in [-0.39, 0.29) is 5.69 Å². The second-order valence-corrected chi connectivity index (χ2v) is 3.45. The average Bonchev–Trinajstić information content (AvgIpc) is 2.72. The molecular formula is C12H9N3O2. The average molecular weight is 227 g/mol. The molecule has 2 rings (SSSR count). The molecule has 0 aliphatic carbocycles. The van der Waals surface area contributed by atoms with Crippen molar-refractivity contribution in [2.75, 3.05) is 0 Å². The molecule has 2 N–H and O–H groups in total. The first-order chi connectivity index (χ1) is 8.22. The van der Waals surface area contributed by atoms with Crippen molar-refractivity contribution in [1.82, 2.24) is 10.2 Å². The summed E-state index contributed by atoms with van der Waals surface area (Å²) in [5.41, 5.74) is 1.53. The maximum atomic E-state index is 10.9. The predicted octanol–water partition coefficient (Wildman–Crippen LogP) is 2.19. The molecule has 0 aliphatic heterocycles. The minimum Gasteiger partial charge on any atom is -0.476 e. The number of aromatic amines is 1. The van der Waals surface area contributed by atoms with E-state index in [9.17, 15) is 4.79 Å². The van der Waals surface area contributed by atoms with Crippen LogP contribution in [0.1, 0.15) is 22.5 Å². The fraction of sp³-hybridized carbons (Fsp3) is 0.0833. The van der Waals surface area contributed by atoms with E-state index >= 15 is 0 Å². The number of aromatic carboxylic acids is 1. The van der Waals surface area contributed by atoms with E-state index < -0.39 is 5.97 Å². The van der Waals surface area contributed by atoms with E-state index in [1.165, 1.54) is 0 Å². The number of nitriles is 1. The quantitative estimate of drug-likeness (QED) is 0.840. The molecule has 0 aliphatic rings. The summed E-state index contributed by atoms with van der Waals surface area (Å²) in [5.74, 6) is -1.06. The van der Waals surface area contributed by atoms with Crippen LogP contribution in [0.4, 0.5) is 0 Å². The van der Waals surface area contributed by atoms with E-state index in [0.29, 0.717) is 17.3 Å². The highest BCUT2D eigenvalue weighted by Gasteiger charge is 2.12. The highest BCUT2D eigenvalue weighted by Crippen LogP contribution is 2.18. The van der Waals surface area contributed by atoms with Crippen molar-refractivity contribution in [3.63, 3.8) is 0 Å². The molecule has 0 amide bonds. The lowest BCUT2D eigenvalue weighted by atomic mass is 10.1. The Hall–Kier alpha value is -2.61. The molecule has 1 aromatic carbocycles. The van der Waals surface area contributed by atoms with Crippen LogP contribution >= 0.6 is 0 Å². The fourth-order valence-corrected chi connectivity index (χ4v) is 1.55. The van der Waals surface area contributed by atoms with Crippen molar-refractivity contribution in [2.45, 2.75) is 6.42 Å². The topological polar surface area (TPSA) is 89.8 Å². The number of benzene rings is 1. The largest absolute Gasteiger partial charge is 0.476 e. The van der Waals surface area contributed by atoms with Crippen LogP contribution in [0.3, 0.4) is 0 Å². The SMILES string of the molecule is N#CCC=Cc1ccc2[nH]nc(C(=O)O)c2c1. The van der Waals surface area contributed by atoms with E-state index in [0.717, 1.165) is 5.56 Å². The van der Waals surface area contributed by atoms with Gasteiger partial charge in [-0.3, -0.25) is 5.10 Å². The Labute approximate surface area is 97.0 Å². The molecule has 17 heavy (non-hydrogen) atoms. The van der Waals surface area contributed by atoms with Crippen molar-refractivity contribution in [1.29, 1.82) is 5.26 Å². The van der Waals surface area contributed by atoms with Crippen molar-refractivity contribution in [3.05, 3.63) is 35.5 Å². The Morgan fingerprint density at radius 2 is 2.41 bits per heavy atom. The van der Waals surface area contributed by atoms with Gasteiger partial charge >= 0.3 is 5.97 Å². The van der Waals surface area contributed by atoms with Gasteiger partial charge in [-0.15, -0.1) is 0 Å². The zero-order valence-corrected chi connectivity index (χ0v) is 8.84. The molecule has 0 radical (unpaired) electrons. The van der Waals surface area contributed by atoms with Gasteiger partial charge in [-0.1, -0.05) is 18.2 Å². The van der Waals surface area contributed by atoms with Gasteiger partial charge in [0.05, 0.1) is 18.0 Å². The maximum absolute atomic E-state index is 10.9. The minimum absolute atomic E-state index is 0.00975.